The Balaban J connectivity index is 1.85. The van der Waals surface area contributed by atoms with Crippen LogP contribution in [-0.2, 0) is 0 Å². The van der Waals surface area contributed by atoms with Gasteiger partial charge in [-0.2, -0.15) is 0 Å². The highest BCUT2D eigenvalue weighted by Gasteiger charge is 2.19. The topological polar surface area (TPSA) is 66.3 Å². The van der Waals surface area contributed by atoms with Gasteiger partial charge in [-0.05, 0) is 44.5 Å². The molecular weight excluding hydrogens is 278 g/mol. The Kier molecular flexibility index (Phi) is 4.15. The number of carboxylic acid groups (broad SMARTS) is 1. The van der Waals surface area contributed by atoms with E-state index in [2.05, 4.69) is 33.9 Å². The molecule has 1 saturated heterocycles. The lowest BCUT2D eigenvalue weighted by molar-refractivity contribution is 0.0690. The van der Waals surface area contributed by atoms with Gasteiger partial charge < -0.3 is 5.11 Å². The maximum Gasteiger partial charge on any atom is 0.356 e. The van der Waals surface area contributed by atoms with E-state index in [9.17, 15) is 4.79 Å². The van der Waals surface area contributed by atoms with Gasteiger partial charge in [0.15, 0.2) is 5.69 Å². The molecule has 1 aromatic heterocycles. The zero-order valence-corrected chi connectivity index (χ0v) is 12.6. The van der Waals surface area contributed by atoms with Crippen LogP contribution in [0.2, 0.25) is 0 Å². The van der Waals surface area contributed by atoms with Crippen LogP contribution < -0.4 is 0 Å². The van der Waals surface area contributed by atoms with Crippen molar-refractivity contribution in [2.24, 2.45) is 0 Å². The molecule has 1 aliphatic rings. The lowest BCUT2D eigenvalue weighted by atomic mass is 10.0. The zero-order chi connectivity index (χ0) is 15.5. The van der Waals surface area contributed by atoms with Crippen LogP contribution in [0.3, 0.4) is 0 Å². The Labute approximate surface area is 129 Å². The third kappa shape index (κ3) is 2.99. The first kappa shape index (κ1) is 14.7. The molecule has 22 heavy (non-hydrogen) atoms. The molecule has 0 aliphatic carbocycles. The third-order valence-corrected chi connectivity index (χ3v) is 4.22. The summed E-state index contributed by atoms with van der Waals surface area (Å²) in [4.78, 5) is 21.5. The van der Waals surface area contributed by atoms with Gasteiger partial charge >= 0.3 is 5.97 Å². The van der Waals surface area contributed by atoms with Gasteiger partial charge in [0, 0.05) is 11.6 Å². The first-order valence-corrected chi connectivity index (χ1v) is 7.55. The molecule has 3 rings (SSSR count). The van der Waals surface area contributed by atoms with Gasteiger partial charge in [-0.3, -0.25) is 9.88 Å². The molecule has 5 nitrogen and oxygen atoms in total. The number of rotatable bonds is 4. The third-order valence-electron chi connectivity index (χ3n) is 4.22. The number of nitrogens with zero attached hydrogens (tertiary/aromatic N) is 3. The fourth-order valence-electron chi connectivity index (χ4n) is 2.89. The van der Waals surface area contributed by atoms with E-state index in [-0.39, 0.29) is 5.69 Å². The molecule has 1 atom stereocenters. The molecule has 114 valence electrons. The summed E-state index contributed by atoms with van der Waals surface area (Å²) >= 11 is 0. The monoisotopic (exact) mass is 297 g/mol. The van der Waals surface area contributed by atoms with Crippen LogP contribution >= 0.6 is 0 Å². The molecule has 0 radical (unpaired) electrons. The fraction of sp³-hybridized carbons (Fsp3) is 0.353. The number of likely N-dealkylation sites (tertiary alicyclic amines) is 1. The van der Waals surface area contributed by atoms with Crippen molar-refractivity contribution in [1.29, 1.82) is 0 Å². The van der Waals surface area contributed by atoms with E-state index in [0.29, 0.717) is 11.7 Å². The van der Waals surface area contributed by atoms with E-state index in [0.717, 1.165) is 18.7 Å². The average molecular weight is 297 g/mol. The van der Waals surface area contributed by atoms with Crippen molar-refractivity contribution in [3.63, 3.8) is 0 Å². The molecule has 1 fully saturated rings. The second-order valence-corrected chi connectivity index (χ2v) is 5.64. The SMILES string of the molecule is CC(c1cccc(-c2cnc(C(=O)O)cn2)c1)N1CCCC1. The highest BCUT2D eigenvalue weighted by molar-refractivity contribution is 5.85. The molecule has 2 heterocycles. The number of hydrogen-bond donors (Lipinski definition) is 1. The van der Waals surface area contributed by atoms with Crippen LogP contribution in [0, 0.1) is 0 Å². The minimum atomic E-state index is -1.06. The van der Waals surface area contributed by atoms with E-state index < -0.39 is 5.97 Å². The summed E-state index contributed by atoms with van der Waals surface area (Å²) in [6.07, 6.45) is 5.36. The largest absolute Gasteiger partial charge is 0.476 e. The number of carboxylic acids is 1. The van der Waals surface area contributed by atoms with E-state index in [1.54, 1.807) is 0 Å². The van der Waals surface area contributed by atoms with Gasteiger partial charge in [-0.15, -0.1) is 0 Å². The Hall–Kier alpha value is -2.27. The van der Waals surface area contributed by atoms with E-state index in [4.69, 9.17) is 5.11 Å². The van der Waals surface area contributed by atoms with Crippen LogP contribution in [0.25, 0.3) is 11.3 Å². The van der Waals surface area contributed by atoms with Crippen molar-refractivity contribution < 1.29 is 9.90 Å². The molecule has 5 heteroatoms. The molecule has 0 saturated carbocycles. The number of benzene rings is 1. The normalized spacial score (nSPS) is 16.6. The predicted molar refractivity (Wildman–Crippen MR) is 83.6 cm³/mol. The molecule has 2 aromatic rings. The van der Waals surface area contributed by atoms with Crippen molar-refractivity contribution in [2.75, 3.05) is 13.1 Å². The van der Waals surface area contributed by atoms with Crippen molar-refractivity contribution >= 4 is 5.97 Å². The van der Waals surface area contributed by atoms with Gasteiger partial charge in [0.25, 0.3) is 0 Å². The molecule has 0 bridgehead atoms. The van der Waals surface area contributed by atoms with Gasteiger partial charge in [-0.25, -0.2) is 9.78 Å². The Morgan fingerprint density at radius 1 is 1.23 bits per heavy atom. The summed E-state index contributed by atoms with van der Waals surface area (Å²) in [6, 6.07) is 8.63. The molecule has 0 amide bonds. The number of hydrogen-bond acceptors (Lipinski definition) is 4. The van der Waals surface area contributed by atoms with Crippen LogP contribution in [0.5, 0.6) is 0 Å². The lowest BCUT2D eigenvalue weighted by Gasteiger charge is -2.24. The minimum absolute atomic E-state index is 0.0367. The molecule has 1 aromatic carbocycles. The number of carbonyl (C=O) groups is 1. The zero-order valence-electron chi connectivity index (χ0n) is 12.6. The fourth-order valence-corrected chi connectivity index (χ4v) is 2.89. The first-order chi connectivity index (χ1) is 10.6. The maximum atomic E-state index is 10.8. The van der Waals surface area contributed by atoms with E-state index >= 15 is 0 Å². The summed E-state index contributed by atoms with van der Waals surface area (Å²) in [5.41, 5.74) is 2.88. The Morgan fingerprint density at radius 2 is 2.00 bits per heavy atom. The molecule has 0 spiro atoms. The van der Waals surface area contributed by atoms with Crippen molar-refractivity contribution in [3.8, 4) is 11.3 Å². The first-order valence-electron chi connectivity index (χ1n) is 7.55. The summed E-state index contributed by atoms with van der Waals surface area (Å²) in [5, 5.41) is 8.88. The van der Waals surface area contributed by atoms with Crippen molar-refractivity contribution in [1.82, 2.24) is 14.9 Å². The Morgan fingerprint density at radius 3 is 2.64 bits per heavy atom. The summed E-state index contributed by atoms with van der Waals surface area (Å²) in [6.45, 7) is 4.53. The minimum Gasteiger partial charge on any atom is -0.476 e. The quantitative estimate of drug-likeness (QED) is 0.939. The van der Waals surface area contributed by atoms with Crippen LogP contribution in [0.15, 0.2) is 36.7 Å². The van der Waals surface area contributed by atoms with Gasteiger partial charge in [0.05, 0.1) is 18.1 Å². The average Bonchev–Trinajstić information content (AvgIpc) is 3.09. The Bertz CT molecular complexity index is 664. The predicted octanol–water partition coefficient (Wildman–Crippen LogP) is 3.00. The van der Waals surface area contributed by atoms with E-state index in [1.165, 1.54) is 30.8 Å². The van der Waals surface area contributed by atoms with Crippen LogP contribution in [0.1, 0.15) is 41.9 Å². The van der Waals surface area contributed by atoms with Crippen LogP contribution in [-0.4, -0.2) is 39.0 Å². The highest BCUT2D eigenvalue weighted by atomic mass is 16.4. The van der Waals surface area contributed by atoms with Gasteiger partial charge in [0.2, 0.25) is 0 Å². The summed E-state index contributed by atoms with van der Waals surface area (Å²) < 4.78 is 0. The highest BCUT2D eigenvalue weighted by Crippen LogP contribution is 2.27. The molecule has 1 aliphatic heterocycles. The summed E-state index contributed by atoms with van der Waals surface area (Å²) in [5.74, 6) is -1.06. The second-order valence-electron chi connectivity index (χ2n) is 5.64. The standard InChI is InChI=1S/C17H19N3O2/c1-12(20-7-2-3-8-20)13-5-4-6-14(9-13)15-10-19-16(11-18-15)17(21)22/h4-6,9-12H,2-3,7-8H2,1H3,(H,21,22). The molecule has 1 unspecified atom stereocenters. The van der Waals surface area contributed by atoms with Crippen molar-refractivity contribution in [3.05, 3.63) is 47.9 Å². The van der Waals surface area contributed by atoms with Gasteiger partial charge in [-0.1, -0.05) is 18.2 Å². The number of aromatic carboxylic acids is 1. The van der Waals surface area contributed by atoms with Crippen LogP contribution in [0.4, 0.5) is 0 Å². The maximum absolute atomic E-state index is 10.8. The molecular formula is C17H19N3O2. The lowest BCUT2D eigenvalue weighted by Crippen LogP contribution is -2.23. The number of aromatic nitrogens is 2. The summed E-state index contributed by atoms with van der Waals surface area (Å²) in [7, 11) is 0. The van der Waals surface area contributed by atoms with E-state index in [1.807, 2.05) is 12.1 Å². The van der Waals surface area contributed by atoms with Crippen molar-refractivity contribution in [2.45, 2.75) is 25.8 Å². The van der Waals surface area contributed by atoms with Gasteiger partial charge in [0.1, 0.15) is 0 Å². The smallest absolute Gasteiger partial charge is 0.356 e. The second kappa shape index (κ2) is 6.23. The molecule has 1 N–H and O–H groups in total.